The van der Waals surface area contributed by atoms with Crippen molar-refractivity contribution in [2.45, 2.75) is 38.5 Å². The van der Waals surface area contributed by atoms with Crippen LogP contribution >= 0.6 is 0 Å². The Hall–Kier alpha value is -3.49. The summed E-state index contributed by atoms with van der Waals surface area (Å²) in [5.74, 6) is -3.04. The van der Waals surface area contributed by atoms with E-state index in [1.165, 1.54) is 6.20 Å². The molecule has 1 unspecified atom stereocenters. The van der Waals surface area contributed by atoms with Gasteiger partial charge in [0.25, 0.3) is 11.8 Å². The first kappa shape index (κ1) is 21.7. The van der Waals surface area contributed by atoms with Crippen molar-refractivity contribution in [3.63, 3.8) is 0 Å². The number of halogens is 2. The highest BCUT2D eigenvalue weighted by Crippen LogP contribution is 2.35. The van der Waals surface area contributed by atoms with Gasteiger partial charge in [-0.1, -0.05) is 18.2 Å². The topological polar surface area (TPSA) is 97.9 Å². The van der Waals surface area contributed by atoms with Crippen LogP contribution in [0.4, 0.5) is 14.7 Å². The number of anilines is 1. The Balaban J connectivity index is 1.66. The molecule has 9 heteroatoms. The molecule has 0 spiro atoms. The second kappa shape index (κ2) is 8.57. The van der Waals surface area contributed by atoms with E-state index in [4.69, 9.17) is 5.73 Å². The number of nitrogens with two attached hydrogens (primary N) is 1. The van der Waals surface area contributed by atoms with E-state index in [1.54, 1.807) is 25.1 Å². The zero-order chi connectivity index (χ0) is 22.9. The maximum absolute atomic E-state index is 14.2. The number of nitrogens with zero attached hydrogens (tertiary/aromatic N) is 5. The van der Waals surface area contributed by atoms with Gasteiger partial charge in [0.05, 0.1) is 5.69 Å². The predicted octanol–water partition coefficient (Wildman–Crippen LogP) is 3.96. The van der Waals surface area contributed by atoms with Crippen LogP contribution in [0.15, 0.2) is 42.6 Å². The second-order valence-electron chi connectivity index (χ2n) is 8.06. The third-order valence-corrected chi connectivity index (χ3v) is 5.50. The van der Waals surface area contributed by atoms with Gasteiger partial charge in [-0.15, -0.1) is 0 Å². The average Bonchev–Trinajstić information content (AvgIpc) is 2.78. The molecule has 2 N–H and O–H groups in total. The van der Waals surface area contributed by atoms with Crippen molar-refractivity contribution in [3.8, 4) is 11.3 Å². The molecule has 7 nitrogen and oxygen atoms in total. The van der Waals surface area contributed by atoms with E-state index >= 15 is 0 Å². The SMILES string of the molecule is Cc1nc(-c2cnc(N)nc2C(C)(F)F)cc(C2CCCN(C(=O)c3ccccc3)C2)n1. The Morgan fingerprint density at radius 2 is 1.94 bits per heavy atom. The number of piperidine rings is 1. The van der Waals surface area contributed by atoms with Gasteiger partial charge in [0.15, 0.2) is 0 Å². The molecule has 166 valence electrons. The van der Waals surface area contributed by atoms with Gasteiger partial charge in [-0.3, -0.25) is 4.79 Å². The predicted molar refractivity (Wildman–Crippen MR) is 116 cm³/mol. The van der Waals surface area contributed by atoms with Crippen molar-refractivity contribution in [3.05, 3.63) is 65.4 Å². The number of likely N-dealkylation sites (tertiary alicyclic amines) is 1. The van der Waals surface area contributed by atoms with Gasteiger partial charge in [0.2, 0.25) is 5.95 Å². The molecule has 0 bridgehead atoms. The number of alkyl halides is 2. The zero-order valence-corrected chi connectivity index (χ0v) is 17.9. The average molecular weight is 438 g/mol. The molecule has 2 aromatic heterocycles. The van der Waals surface area contributed by atoms with Crippen LogP contribution in [-0.2, 0) is 5.92 Å². The van der Waals surface area contributed by atoms with Crippen LogP contribution in [0.2, 0.25) is 0 Å². The van der Waals surface area contributed by atoms with E-state index in [0.29, 0.717) is 35.9 Å². The Bertz CT molecular complexity index is 1130. The molecule has 0 saturated carbocycles. The summed E-state index contributed by atoms with van der Waals surface area (Å²) in [6.45, 7) is 3.64. The minimum Gasteiger partial charge on any atom is -0.368 e. The molecule has 1 aliphatic rings. The van der Waals surface area contributed by atoms with Crippen LogP contribution in [0.25, 0.3) is 11.3 Å². The van der Waals surface area contributed by atoms with Gasteiger partial charge >= 0.3 is 0 Å². The molecule has 0 aliphatic carbocycles. The monoisotopic (exact) mass is 438 g/mol. The van der Waals surface area contributed by atoms with Gasteiger partial charge in [-0.05, 0) is 38.0 Å². The first-order valence-corrected chi connectivity index (χ1v) is 10.4. The summed E-state index contributed by atoms with van der Waals surface area (Å²) >= 11 is 0. The van der Waals surface area contributed by atoms with Gasteiger partial charge in [-0.25, -0.2) is 19.9 Å². The smallest absolute Gasteiger partial charge is 0.287 e. The van der Waals surface area contributed by atoms with Crippen LogP contribution < -0.4 is 5.73 Å². The third-order valence-electron chi connectivity index (χ3n) is 5.50. The highest BCUT2D eigenvalue weighted by Gasteiger charge is 2.32. The number of benzene rings is 1. The molecule has 1 saturated heterocycles. The molecule has 1 amide bonds. The molecule has 32 heavy (non-hydrogen) atoms. The van der Waals surface area contributed by atoms with Crippen LogP contribution in [0.1, 0.15) is 53.3 Å². The fraction of sp³-hybridized carbons (Fsp3) is 0.348. The molecule has 1 aromatic carbocycles. The molecule has 1 atom stereocenters. The van der Waals surface area contributed by atoms with Crippen LogP contribution in [-0.4, -0.2) is 43.8 Å². The number of rotatable bonds is 4. The first-order valence-electron chi connectivity index (χ1n) is 10.4. The number of aryl methyl sites for hydroxylation is 1. The Morgan fingerprint density at radius 3 is 2.66 bits per heavy atom. The summed E-state index contributed by atoms with van der Waals surface area (Å²) in [6, 6.07) is 10.8. The second-order valence-corrected chi connectivity index (χ2v) is 8.06. The van der Waals surface area contributed by atoms with Gasteiger partial charge < -0.3 is 10.6 Å². The maximum atomic E-state index is 14.2. The molecular formula is C23H24F2N6O. The largest absolute Gasteiger partial charge is 0.368 e. The lowest BCUT2D eigenvalue weighted by Gasteiger charge is -2.32. The van der Waals surface area contributed by atoms with E-state index in [9.17, 15) is 13.6 Å². The van der Waals surface area contributed by atoms with E-state index < -0.39 is 11.6 Å². The van der Waals surface area contributed by atoms with Gasteiger partial charge in [0.1, 0.15) is 11.5 Å². The molecule has 0 radical (unpaired) electrons. The summed E-state index contributed by atoms with van der Waals surface area (Å²) in [7, 11) is 0. The molecule has 1 aliphatic heterocycles. The number of carbonyl (C=O) groups excluding carboxylic acids is 1. The summed E-state index contributed by atoms with van der Waals surface area (Å²) < 4.78 is 28.4. The minimum absolute atomic E-state index is 0.0267. The number of carbonyl (C=O) groups is 1. The van der Waals surface area contributed by atoms with Crippen molar-refractivity contribution >= 4 is 11.9 Å². The van der Waals surface area contributed by atoms with E-state index in [1.807, 2.05) is 23.1 Å². The Kier molecular flexibility index (Phi) is 5.82. The fourth-order valence-electron chi connectivity index (χ4n) is 4.02. The van der Waals surface area contributed by atoms with E-state index in [0.717, 1.165) is 19.8 Å². The first-order chi connectivity index (χ1) is 15.2. The molecule has 4 rings (SSSR count). The van der Waals surface area contributed by atoms with Gasteiger partial charge in [0, 0.05) is 48.9 Å². The number of nitrogen functional groups attached to an aromatic ring is 1. The highest BCUT2D eigenvalue weighted by molar-refractivity contribution is 5.94. The Morgan fingerprint density at radius 1 is 1.19 bits per heavy atom. The summed E-state index contributed by atoms with van der Waals surface area (Å²) in [4.78, 5) is 31.3. The van der Waals surface area contributed by atoms with Crippen LogP contribution in [0.3, 0.4) is 0 Å². The highest BCUT2D eigenvalue weighted by atomic mass is 19.3. The lowest BCUT2D eigenvalue weighted by Crippen LogP contribution is -2.39. The van der Waals surface area contributed by atoms with Gasteiger partial charge in [-0.2, -0.15) is 8.78 Å². The number of hydrogen-bond acceptors (Lipinski definition) is 6. The fourth-order valence-corrected chi connectivity index (χ4v) is 4.02. The Labute approximate surface area is 184 Å². The summed E-state index contributed by atoms with van der Waals surface area (Å²) in [5.41, 5.74) is 6.85. The number of hydrogen-bond donors (Lipinski definition) is 1. The van der Waals surface area contributed by atoms with E-state index in [-0.39, 0.29) is 23.3 Å². The lowest BCUT2D eigenvalue weighted by molar-refractivity contribution is 0.0134. The minimum atomic E-state index is -3.21. The standard InChI is InChI=1S/C23H24F2N6O/c1-14-28-18(11-19(29-14)17-12-27-22(26)30-20(17)23(2,24)25)16-9-6-10-31(13-16)21(32)15-7-4-3-5-8-15/h3-5,7-8,11-12,16H,6,9-10,13H2,1-2H3,(H2,26,27,30). The molecular weight excluding hydrogens is 414 g/mol. The number of amides is 1. The molecule has 3 aromatic rings. The molecule has 3 heterocycles. The maximum Gasteiger partial charge on any atom is 0.287 e. The van der Waals surface area contributed by atoms with Crippen molar-refractivity contribution in [1.82, 2.24) is 24.8 Å². The van der Waals surface area contributed by atoms with E-state index in [2.05, 4.69) is 19.9 Å². The van der Waals surface area contributed by atoms with Crippen LogP contribution in [0, 0.1) is 6.92 Å². The van der Waals surface area contributed by atoms with Crippen molar-refractivity contribution < 1.29 is 13.6 Å². The normalized spacial score (nSPS) is 16.8. The molecule has 1 fully saturated rings. The van der Waals surface area contributed by atoms with Crippen molar-refractivity contribution in [2.24, 2.45) is 0 Å². The van der Waals surface area contributed by atoms with Crippen molar-refractivity contribution in [1.29, 1.82) is 0 Å². The quantitative estimate of drug-likeness (QED) is 0.662. The summed E-state index contributed by atoms with van der Waals surface area (Å²) in [5, 5.41) is 0. The summed E-state index contributed by atoms with van der Waals surface area (Å²) in [6.07, 6.45) is 2.93. The van der Waals surface area contributed by atoms with Crippen LogP contribution in [0.5, 0.6) is 0 Å². The third kappa shape index (κ3) is 4.56. The lowest BCUT2D eigenvalue weighted by atomic mass is 9.93. The zero-order valence-electron chi connectivity index (χ0n) is 17.9. The van der Waals surface area contributed by atoms with Crippen molar-refractivity contribution in [2.75, 3.05) is 18.8 Å². The number of aromatic nitrogens is 4.